The molecule has 2 N–H and O–H groups in total. The SMILES string of the molecule is CN(O)C1(C)C(=O)N(CC(=O)O)N=C1c1ccc(S(C)(=O)=O)cc1. The number of hydrazone groups is 1. The van der Waals surface area contributed by atoms with Crippen LogP contribution >= 0.6 is 0 Å². The van der Waals surface area contributed by atoms with Crippen LogP contribution in [-0.4, -0.2) is 71.8 Å². The summed E-state index contributed by atoms with van der Waals surface area (Å²) in [5.41, 5.74) is -1.06. The maximum absolute atomic E-state index is 12.5. The van der Waals surface area contributed by atoms with Gasteiger partial charge in [0.1, 0.15) is 12.3 Å². The van der Waals surface area contributed by atoms with E-state index in [1.54, 1.807) is 0 Å². The molecule has 1 aliphatic heterocycles. The van der Waals surface area contributed by atoms with Gasteiger partial charge in [-0.1, -0.05) is 12.1 Å². The number of carbonyl (C=O) groups is 2. The Hall–Kier alpha value is -2.30. The number of nitrogens with zero attached hydrogens (tertiary/aromatic N) is 3. The van der Waals surface area contributed by atoms with Crippen LogP contribution in [-0.2, 0) is 19.4 Å². The molecule has 1 aromatic carbocycles. The smallest absolute Gasteiger partial charge is 0.325 e. The second kappa shape index (κ2) is 5.96. The van der Waals surface area contributed by atoms with Gasteiger partial charge in [-0.05, 0) is 19.1 Å². The zero-order chi connectivity index (χ0) is 18.3. The van der Waals surface area contributed by atoms with Crippen LogP contribution in [0.3, 0.4) is 0 Å². The molecule has 9 nitrogen and oxygen atoms in total. The monoisotopic (exact) mass is 355 g/mol. The predicted molar refractivity (Wildman–Crippen MR) is 83.4 cm³/mol. The van der Waals surface area contributed by atoms with Gasteiger partial charge >= 0.3 is 5.97 Å². The van der Waals surface area contributed by atoms with E-state index in [1.807, 2.05) is 0 Å². The van der Waals surface area contributed by atoms with Crippen molar-refractivity contribution in [2.75, 3.05) is 19.8 Å². The fourth-order valence-corrected chi connectivity index (χ4v) is 2.97. The molecule has 0 bridgehead atoms. The number of carboxylic acids is 1. The van der Waals surface area contributed by atoms with Crippen molar-refractivity contribution in [2.24, 2.45) is 5.10 Å². The molecular formula is C14H17N3O6S. The van der Waals surface area contributed by atoms with Gasteiger partial charge in [0.05, 0.1) is 4.90 Å². The lowest BCUT2D eigenvalue weighted by atomic mass is 9.90. The Bertz CT molecular complexity index is 815. The van der Waals surface area contributed by atoms with Crippen LogP contribution in [0.5, 0.6) is 0 Å². The van der Waals surface area contributed by atoms with Gasteiger partial charge < -0.3 is 10.3 Å². The summed E-state index contributed by atoms with van der Waals surface area (Å²) in [7, 11) is -2.13. The molecule has 0 radical (unpaired) electrons. The van der Waals surface area contributed by atoms with Crippen molar-refractivity contribution >= 4 is 27.4 Å². The molecule has 0 fully saturated rings. The third kappa shape index (κ3) is 3.03. The third-order valence-corrected chi connectivity index (χ3v) is 4.95. The van der Waals surface area contributed by atoms with Crippen molar-refractivity contribution < 1.29 is 28.3 Å². The van der Waals surface area contributed by atoms with Crippen molar-refractivity contribution in [3.05, 3.63) is 29.8 Å². The molecule has 1 aliphatic rings. The van der Waals surface area contributed by atoms with E-state index < -0.39 is 33.8 Å². The van der Waals surface area contributed by atoms with E-state index in [9.17, 15) is 23.2 Å². The lowest BCUT2D eigenvalue weighted by molar-refractivity contribution is -0.163. The van der Waals surface area contributed by atoms with Gasteiger partial charge in [0.15, 0.2) is 15.4 Å². The predicted octanol–water partition coefficient (Wildman–Crippen LogP) is -0.199. The molecule has 0 saturated carbocycles. The fraction of sp³-hybridized carbons (Fsp3) is 0.357. The summed E-state index contributed by atoms with van der Waals surface area (Å²) in [5.74, 6) is -1.94. The number of hydrogen-bond donors (Lipinski definition) is 2. The number of aliphatic carboxylic acids is 1. The Morgan fingerprint density at radius 3 is 2.29 bits per heavy atom. The number of carbonyl (C=O) groups excluding carboxylic acids is 1. The molecule has 1 heterocycles. The normalized spacial score (nSPS) is 21.3. The van der Waals surface area contributed by atoms with E-state index in [4.69, 9.17) is 5.11 Å². The maximum atomic E-state index is 12.5. The first-order valence-electron chi connectivity index (χ1n) is 6.84. The molecule has 0 spiro atoms. The first kappa shape index (κ1) is 18.0. The standard InChI is InChI=1S/C14H17N3O6S/c1-14(16(2)21)12(15-17(13(14)20)8-11(18)19)9-4-6-10(7-5-9)24(3,22)23/h4-7,21H,8H2,1-3H3,(H,18,19). The first-order valence-corrected chi connectivity index (χ1v) is 8.73. The highest BCUT2D eigenvalue weighted by Gasteiger charge is 2.51. The molecule has 2 rings (SSSR count). The minimum absolute atomic E-state index is 0.0950. The number of carboxylic acid groups (broad SMARTS) is 1. The molecule has 130 valence electrons. The van der Waals surface area contributed by atoms with Crippen molar-refractivity contribution in [1.29, 1.82) is 0 Å². The van der Waals surface area contributed by atoms with Crippen molar-refractivity contribution in [1.82, 2.24) is 10.1 Å². The second-order valence-electron chi connectivity index (χ2n) is 5.60. The summed E-state index contributed by atoms with van der Waals surface area (Å²) in [5, 5.41) is 24.2. The molecule has 0 aliphatic carbocycles. The van der Waals surface area contributed by atoms with Gasteiger partial charge in [-0.2, -0.15) is 10.2 Å². The Balaban J connectivity index is 2.52. The molecule has 1 unspecified atom stereocenters. The third-order valence-electron chi connectivity index (χ3n) is 3.82. The van der Waals surface area contributed by atoms with Crippen molar-refractivity contribution in [3.63, 3.8) is 0 Å². The van der Waals surface area contributed by atoms with Gasteiger partial charge in [-0.15, -0.1) is 0 Å². The number of likely N-dealkylation sites (N-methyl/N-ethyl adjacent to an activating group) is 1. The summed E-state index contributed by atoms with van der Waals surface area (Å²) in [6.07, 6.45) is 1.07. The van der Waals surface area contributed by atoms with E-state index in [-0.39, 0.29) is 10.6 Å². The molecule has 1 amide bonds. The molecular weight excluding hydrogens is 338 g/mol. The summed E-state index contributed by atoms with van der Waals surface area (Å²) < 4.78 is 23.0. The van der Waals surface area contributed by atoms with Gasteiger partial charge in [0.2, 0.25) is 0 Å². The molecule has 10 heteroatoms. The quantitative estimate of drug-likeness (QED) is 0.700. The Kier molecular flexibility index (Phi) is 4.48. The first-order chi connectivity index (χ1) is 11.0. The van der Waals surface area contributed by atoms with Crippen LogP contribution < -0.4 is 0 Å². The van der Waals surface area contributed by atoms with E-state index in [0.717, 1.165) is 11.3 Å². The van der Waals surface area contributed by atoms with Crippen LogP contribution in [0.2, 0.25) is 0 Å². The second-order valence-corrected chi connectivity index (χ2v) is 7.61. The van der Waals surface area contributed by atoms with E-state index >= 15 is 0 Å². The molecule has 1 aromatic rings. The highest BCUT2D eigenvalue weighted by molar-refractivity contribution is 7.90. The number of hydroxylamine groups is 2. The number of hydrogen-bond acceptors (Lipinski definition) is 7. The van der Waals surface area contributed by atoms with E-state index in [2.05, 4.69) is 5.10 Å². The zero-order valence-electron chi connectivity index (χ0n) is 13.3. The highest BCUT2D eigenvalue weighted by Crippen LogP contribution is 2.29. The fourth-order valence-electron chi connectivity index (χ4n) is 2.34. The van der Waals surface area contributed by atoms with Gasteiger partial charge in [-0.3, -0.25) is 9.59 Å². The molecule has 0 saturated heterocycles. The van der Waals surface area contributed by atoms with Crippen molar-refractivity contribution in [2.45, 2.75) is 17.4 Å². The largest absolute Gasteiger partial charge is 0.480 e. The van der Waals surface area contributed by atoms with Crippen LogP contribution in [0.1, 0.15) is 12.5 Å². The summed E-state index contributed by atoms with van der Waals surface area (Å²) >= 11 is 0. The Labute approximate surface area is 138 Å². The molecule has 1 atom stereocenters. The highest BCUT2D eigenvalue weighted by atomic mass is 32.2. The Morgan fingerprint density at radius 1 is 1.33 bits per heavy atom. The van der Waals surface area contributed by atoms with E-state index in [0.29, 0.717) is 10.6 Å². The Morgan fingerprint density at radius 2 is 1.88 bits per heavy atom. The van der Waals surface area contributed by atoms with Crippen LogP contribution in [0.15, 0.2) is 34.3 Å². The summed E-state index contributed by atoms with van der Waals surface area (Å²) in [6.45, 7) is 0.758. The van der Waals surface area contributed by atoms with Crippen LogP contribution in [0, 0.1) is 0 Å². The van der Waals surface area contributed by atoms with E-state index in [1.165, 1.54) is 38.2 Å². The number of sulfone groups is 1. The maximum Gasteiger partial charge on any atom is 0.325 e. The van der Waals surface area contributed by atoms with Gasteiger partial charge in [0.25, 0.3) is 5.91 Å². The van der Waals surface area contributed by atoms with Gasteiger partial charge in [0, 0.05) is 18.9 Å². The number of rotatable bonds is 5. The minimum Gasteiger partial charge on any atom is -0.480 e. The average molecular weight is 355 g/mol. The topological polar surface area (TPSA) is 128 Å². The van der Waals surface area contributed by atoms with Crippen LogP contribution in [0.25, 0.3) is 0 Å². The lowest BCUT2D eigenvalue weighted by Gasteiger charge is -2.29. The van der Waals surface area contributed by atoms with Crippen LogP contribution in [0.4, 0.5) is 0 Å². The number of benzene rings is 1. The molecule has 24 heavy (non-hydrogen) atoms. The minimum atomic E-state index is -3.38. The van der Waals surface area contributed by atoms with Gasteiger partial charge in [-0.25, -0.2) is 13.4 Å². The van der Waals surface area contributed by atoms with Crippen molar-refractivity contribution in [3.8, 4) is 0 Å². The zero-order valence-corrected chi connectivity index (χ0v) is 14.1. The lowest BCUT2D eigenvalue weighted by Crippen LogP contribution is -2.55. The number of amides is 1. The average Bonchev–Trinajstić information content (AvgIpc) is 2.72. The summed E-state index contributed by atoms with van der Waals surface area (Å²) in [6, 6.07) is 5.62. The molecule has 0 aromatic heterocycles. The summed E-state index contributed by atoms with van der Waals surface area (Å²) in [4.78, 5) is 23.4.